The summed E-state index contributed by atoms with van der Waals surface area (Å²) in [7, 11) is 0. The Labute approximate surface area is 206 Å². The standard InChI is InChI=1S/C26H24N2O6S/c1-14-10-15(2)12-19(11-14)28-23(29)16(3)35-20-7-5-18(6-8-20)27-24(30)21-9-4-17(25(31)32)13-22(21)26(33)34/h4-13,16H,1-3H3,(H,27,30)(H,28,29)(H,31,32)(H,33,34). The largest absolute Gasteiger partial charge is 0.478 e. The van der Waals surface area contributed by atoms with Crippen LogP contribution in [0.3, 0.4) is 0 Å². The second kappa shape index (κ2) is 10.9. The molecule has 3 aromatic carbocycles. The summed E-state index contributed by atoms with van der Waals surface area (Å²) >= 11 is 1.36. The molecule has 180 valence electrons. The summed E-state index contributed by atoms with van der Waals surface area (Å²) in [6.45, 7) is 5.73. The normalized spacial score (nSPS) is 11.4. The molecule has 0 aromatic heterocycles. The van der Waals surface area contributed by atoms with E-state index in [1.807, 2.05) is 32.0 Å². The van der Waals surface area contributed by atoms with Crippen LogP contribution in [0.15, 0.2) is 65.6 Å². The average molecular weight is 493 g/mol. The summed E-state index contributed by atoms with van der Waals surface area (Å²) in [5, 5.41) is 23.6. The number of carboxylic acids is 2. The van der Waals surface area contributed by atoms with E-state index in [4.69, 9.17) is 5.11 Å². The van der Waals surface area contributed by atoms with Crippen LogP contribution in [0.1, 0.15) is 49.1 Å². The number of carbonyl (C=O) groups excluding carboxylic acids is 2. The number of aromatic carboxylic acids is 2. The van der Waals surface area contributed by atoms with E-state index in [0.717, 1.165) is 27.8 Å². The van der Waals surface area contributed by atoms with Crippen LogP contribution < -0.4 is 10.6 Å². The number of aryl methyl sites for hydroxylation is 2. The minimum Gasteiger partial charge on any atom is -0.478 e. The van der Waals surface area contributed by atoms with Crippen LogP contribution in [0.25, 0.3) is 0 Å². The fourth-order valence-electron chi connectivity index (χ4n) is 3.42. The molecular weight excluding hydrogens is 468 g/mol. The van der Waals surface area contributed by atoms with E-state index in [1.54, 1.807) is 31.2 Å². The van der Waals surface area contributed by atoms with Crippen molar-refractivity contribution in [1.29, 1.82) is 0 Å². The van der Waals surface area contributed by atoms with E-state index in [-0.39, 0.29) is 22.3 Å². The molecule has 3 rings (SSSR count). The lowest BCUT2D eigenvalue weighted by molar-refractivity contribution is -0.115. The molecule has 0 saturated carbocycles. The van der Waals surface area contributed by atoms with Crippen molar-refractivity contribution in [2.24, 2.45) is 0 Å². The molecule has 4 N–H and O–H groups in total. The molecule has 1 unspecified atom stereocenters. The van der Waals surface area contributed by atoms with Gasteiger partial charge in [-0.3, -0.25) is 9.59 Å². The van der Waals surface area contributed by atoms with E-state index in [9.17, 15) is 24.3 Å². The summed E-state index contributed by atoms with van der Waals surface area (Å²) in [4.78, 5) is 48.6. The highest BCUT2D eigenvalue weighted by molar-refractivity contribution is 8.00. The number of rotatable bonds is 8. The zero-order valence-electron chi connectivity index (χ0n) is 19.3. The Morgan fingerprint density at radius 3 is 1.94 bits per heavy atom. The Morgan fingerprint density at radius 1 is 0.743 bits per heavy atom. The zero-order valence-corrected chi connectivity index (χ0v) is 20.1. The van der Waals surface area contributed by atoms with Crippen LogP contribution in [-0.2, 0) is 4.79 Å². The molecule has 0 aliphatic carbocycles. The van der Waals surface area contributed by atoms with Crippen molar-refractivity contribution in [1.82, 2.24) is 0 Å². The number of anilines is 2. The topological polar surface area (TPSA) is 133 Å². The highest BCUT2D eigenvalue weighted by atomic mass is 32.2. The number of carbonyl (C=O) groups is 4. The third-order valence-electron chi connectivity index (χ3n) is 5.03. The van der Waals surface area contributed by atoms with Gasteiger partial charge in [0.05, 0.1) is 21.9 Å². The fourth-order valence-corrected chi connectivity index (χ4v) is 4.28. The number of benzene rings is 3. The van der Waals surface area contributed by atoms with Gasteiger partial charge in [0.25, 0.3) is 5.91 Å². The molecule has 1 atom stereocenters. The van der Waals surface area contributed by atoms with Crippen molar-refractivity contribution in [3.05, 3.63) is 88.5 Å². The smallest absolute Gasteiger partial charge is 0.336 e. The number of thioether (sulfide) groups is 1. The van der Waals surface area contributed by atoms with Crippen molar-refractivity contribution in [3.63, 3.8) is 0 Å². The van der Waals surface area contributed by atoms with Gasteiger partial charge in [0.2, 0.25) is 5.91 Å². The maximum atomic E-state index is 12.6. The van der Waals surface area contributed by atoms with Gasteiger partial charge < -0.3 is 20.8 Å². The lowest BCUT2D eigenvalue weighted by atomic mass is 10.0. The number of amides is 2. The number of nitrogens with one attached hydrogen (secondary N) is 2. The molecule has 2 amide bonds. The van der Waals surface area contributed by atoms with E-state index in [1.165, 1.54) is 23.9 Å². The Morgan fingerprint density at radius 2 is 1.37 bits per heavy atom. The lowest BCUT2D eigenvalue weighted by Crippen LogP contribution is -2.22. The maximum absolute atomic E-state index is 12.6. The SMILES string of the molecule is Cc1cc(C)cc(NC(=O)C(C)Sc2ccc(NC(=O)c3ccc(C(=O)O)cc3C(=O)O)cc2)c1. The molecule has 9 heteroatoms. The van der Waals surface area contributed by atoms with Gasteiger partial charge in [-0.1, -0.05) is 6.07 Å². The van der Waals surface area contributed by atoms with Gasteiger partial charge >= 0.3 is 11.9 Å². The maximum Gasteiger partial charge on any atom is 0.336 e. The molecule has 0 saturated heterocycles. The van der Waals surface area contributed by atoms with E-state index in [2.05, 4.69) is 10.6 Å². The minimum atomic E-state index is -1.40. The van der Waals surface area contributed by atoms with Gasteiger partial charge in [-0.15, -0.1) is 11.8 Å². The molecule has 0 aliphatic heterocycles. The minimum absolute atomic E-state index is 0.136. The second-order valence-electron chi connectivity index (χ2n) is 7.97. The first kappa shape index (κ1) is 25.5. The Bertz CT molecular complexity index is 1280. The van der Waals surface area contributed by atoms with Crippen molar-refractivity contribution in [3.8, 4) is 0 Å². The first-order valence-corrected chi connectivity index (χ1v) is 11.5. The van der Waals surface area contributed by atoms with Crippen LogP contribution in [-0.4, -0.2) is 39.2 Å². The molecule has 8 nitrogen and oxygen atoms in total. The number of hydrogen-bond acceptors (Lipinski definition) is 5. The first-order valence-electron chi connectivity index (χ1n) is 10.6. The van der Waals surface area contributed by atoms with Gasteiger partial charge in [-0.2, -0.15) is 0 Å². The Balaban J connectivity index is 1.65. The molecule has 0 spiro atoms. The fraction of sp³-hybridized carbons (Fsp3) is 0.154. The number of carboxylic acid groups (broad SMARTS) is 2. The van der Waals surface area contributed by atoms with Crippen LogP contribution in [0.5, 0.6) is 0 Å². The van der Waals surface area contributed by atoms with E-state index in [0.29, 0.717) is 5.69 Å². The molecule has 0 fully saturated rings. The van der Waals surface area contributed by atoms with Gasteiger partial charge in [0.15, 0.2) is 0 Å². The third kappa shape index (κ3) is 6.70. The van der Waals surface area contributed by atoms with Crippen LogP contribution in [0.2, 0.25) is 0 Å². The zero-order chi connectivity index (χ0) is 25.7. The molecule has 0 radical (unpaired) electrons. The Kier molecular flexibility index (Phi) is 7.93. The quantitative estimate of drug-likeness (QED) is 0.323. The van der Waals surface area contributed by atoms with E-state index >= 15 is 0 Å². The van der Waals surface area contributed by atoms with Crippen LogP contribution in [0.4, 0.5) is 11.4 Å². The second-order valence-corrected chi connectivity index (χ2v) is 9.39. The van der Waals surface area contributed by atoms with Crippen molar-refractivity contribution >= 4 is 46.9 Å². The van der Waals surface area contributed by atoms with Crippen molar-refractivity contribution in [2.75, 3.05) is 10.6 Å². The predicted octanol–water partition coefficient (Wildman–Crippen LogP) is 5.07. The molecule has 0 aliphatic rings. The molecule has 3 aromatic rings. The molecular formula is C26H24N2O6S. The number of hydrogen-bond donors (Lipinski definition) is 4. The van der Waals surface area contributed by atoms with E-state index < -0.39 is 23.4 Å². The summed E-state index contributed by atoms with van der Waals surface area (Å²) in [5.41, 5.74) is 2.51. The molecule has 35 heavy (non-hydrogen) atoms. The Hall–Kier alpha value is -4.11. The monoisotopic (exact) mass is 492 g/mol. The van der Waals surface area contributed by atoms with Crippen LogP contribution in [0, 0.1) is 13.8 Å². The summed E-state index contributed by atoms with van der Waals surface area (Å²) < 4.78 is 0. The summed E-state index contributed by atoms with van der Waals surface area (Å²) in [5.74, 6) is -3.51. The van der Waals surface area contributed by atoms with Gasteiger partial charge in [-0.05, 0) is 86.5 Å². The van der Waals surface area contributed by atoms with Crippen molar-refractivity contribution in [2.45, 2.75) is 30.9 Å². The predicted molar refractivity (Wildman–Crippen MR) is 135 cm³/mol. The van der Waals surface area contributed by atoms with Gasteiger partial charge in [0, 0.05) is 16.3 Å². The summed E-state index contributed by atoms with van der Waals surface area (Å²) in [6, 6.07) is 15.9. The average Bonchev–Trinajstić information content (AvgIpc) is 2.79. The van der Waals surface area contributed by atoms with Gasteiger partial charge in [-0.25, -0.2) is 9.59 Å². The molecule has 0 heterocycles. The van der Waals surface area contributed by atoms with Crippen molar-refractivity contribution < 1.29 is 29.4 Å². The van der Waals surface area contributed by atoms with Crippen LogP contribution >= 0.6 is 11.8 Å². The van der Waals surface area contributed by atoms with Gasteiger partial charge in [0.1, 0.15) is 0 Å². The highest BCUT2D eigenvalue weighted by Gasteiger charge is 2.19. The lowest BCUT2D eigenvalue weighted by Gasteiger charge is -2.14. The first-order chi connectivity index (χ1) is 16.5. The molecule has 0 bridgehead atoms. The third-order valence-corrected chi connectivity index (χ3v) is 6.14. The highest BCUT2D eigenvalue weighted by Crippen LogP contribution is 2.26. The summed E-state index contributed by atoms with van der Waals surface area (Å²) in [6.07, 6.45) is 0.